The molecule has 1 N–H and O–H groups in total. The van der Waals surface area contributed by atoms with Gasteiger partial charge in [-0.15, -0.1) is 11.3 Å². The van der Waals surface area contributed by atoms with Crippen LogP contribution in [0, 0.1) is 5.82 Å². The van der Waals surface area contributed by atoms with Gasteiger partial charge in [-0.1, -0.05) is 33.6 Å². The van der Waals surface area contributed by atoms with Crippen LogP contribution in [0.5, 0.6) is 0 Å². The number of rotatable bonds is 5. The second-order valence-corrected chi connectivity index (χ2v) is 8.29. The molecule has 1 heterocycles. The van der Waals surface area contributed by atoms with E-state index in [1.54, 1.807) is 48.8 Å². The van der Waals surface area contributed by atoms with Gasteiger partial charge >= 0.3 is 0 Å². The van der Waals surface area contributed by atoms with Gasteiger partial charge in [0.1, 0.15) is 5.82 Å². The maximum absolute atomic E-state index is 14.0. The number of nitrogens with one attached hydrogen (secondary N) is 1. The summed E-state index contributed by atoms with van der Waals surface area (Å²) in [6.45, 7) is 0.101. The summed E-state index contributed by atoms with van der Waals surface area (Å²) < 4.78 is 14.7. The molecule has 3 aromatic rings. The molecule has 0 saturated heterocycles. The lowest BCUT2D eigenvalue weighted by molar-refractivity contribution is 0.0783. The number of amides is 2. The molecule has 2 amide bonds. The summed E-state index contributed by atoms with van der Waals surface area (Å²) in [5.41, 5.74) is 1.07. The second kappa shape index (κ2) is 8.86. The van der Waals surface area contributed by atoms with Crippen LogP contribution < -0.4 is 5.32 Å². The number of carbonyl (C=O) groups excluding carboxylic acids is 2. The number of halogens is 3. The fourth-order valence-corrected chi connectivity index (χ4v) is 3.75. The molecule has 0 aliphatic heterocycles. The smallest absolute Gasteiger partial charge is 0.265 e. The Labute approximate surface area is 179 Å². The van der Waals surface area contributed by atoms with E-state index in [-0.39, 0.29) is 24.2 Å². The van der Waals surface area contributed by atoms with Crippen LogP contribution in [0.4, 0.5) is 10.1 Å². The maximum atomic E-state index is 14.0. The molecule has 8 heteroatoms. The molecular weight excluding hydrogens is 467 g/mol. The van der Waals surface area contributed by atoms with E-state index in [1.165, 1.54) is 28.4 Å². The largest absolute Gasteiger partial charge is 0.337 e. The van der Waals surface area contributed by atoms with Crippen molar-refractivity contribution in [2.75, 3.05) is 12.4 Å². The highest BCUT2D eigenvalue weighted by molar-refractivity contribution is 9.10. The van der Waals surface area contributed by atoms with Crippen LogP contribution in [0.1, 0.15) is 25.6 Å². The fourth-order valence-electron chi connectivity index (χ4n) is 2.56. The van der Waals surface area contributed by atoms with Crippen LogP contribution in [-0.4, -0.2) is 23.8 Å². The molecule has 0 spiro atoms. The van der Waals surface area contributed by atoms with Crippen molar-refractivity contribution >= 4 is 56.4 Å². The number of benzene rings is 2. The van der Waals surface area contributed by atoms with Crippen molar-refractivity contribution in [2.24, 2.45) is 0 Å². The predicted molar refractivity (Wildman–Crippen MR) is 114 cm³/mol. The Bertz CT molecular complexity index is 1030. The van der Waals surface area contributed by atoms with Crippen LogP contribution in [0.15, 0.2) is 58.4 Å². The first kappa shape index (κ1) is 20.5. The molecule has 3 rings (SSSR count). The molecule has 28 heavy (non-hydrogen) atoms. The Morgan fingerprint density at radius 2 is 2.00 bits per heavy atom. The lowest BCUT2D eigenvalue weighted by atomic mass is 10.1. The van der Waals surface area contributed by atoms with Gasteiger partial charge < -0.3 is 10.2 Å². The molecule has 4 nitrogen and oxygen atoms in total. The monoisotopic (exact) mass is 480 g/mol. The average molecular weight is 482 g/mol. The summed E-state index contributed by atoms with van der Waals surface area (Å²) in [7, 11) is 1.58. The zero-order valence-corrected chi connectivity index (χ0v) is 17.9. The zero-order valence-electron chi connectivity index (χ0n) is 14.7. The zero-order chi connectivity index (χ0) is 20.3. The molecule has 0 aliphatic rings. The molecule has 0 radical (unpaired) electrons. The first-order valence-corrected chi connectivity index (χ1v) is 10.2. The minimum atomic E-state index is -0.386. The number of anilines is 1. The number of carbonyl (C=O) groups is 2. The lowest BCUT2D eigenvalue weighted by Crippen LogP contribution is -2.26. The van der Waals surface area contributed by atoms with Crippen molar-refractivity contribution in [1.29, 1.82) is 0 Å². The van der Waals surface area contributed by atoms with Gasteiger partial charge in [0.15, 0.2) is 0 Å². The topological polar surface area (TPSA) is 49.4 Å². The normalized spacial score (nSPS) is 10.6. The van der Waals surface area contributed by atoms with Gasteiger partial charge in [0.25, 0.3) is 11.8 Å². The molecule has 0 aliphatic carbocycles. The predicted octanol–water partition coefficient (Wildman–Crippen LogP) is 5.83. The Morgan fingerprint density at radius 1 is 1.21 bits per heavy atom. The molecule has 0 atom stereocenters. The number of nitrogens with zero attached hydrogens (tertiary/aromatic N) is 1. The van der Waals surface area contributed by atoms with E-state index in [0.717, 1.165) is 4.47 Å². The van der Waals surface area contributed by atoms with Crippen LogP contribution in [0.3, 0.4) is 0 Å². The quantitative estimate of drug-likeness (QED) is 0.499. The summed E-state index contributed by atoms with van der Waals surface area (Å²) in [5.74, 6) is -1.00. The van der Waals surface area contributed by atoms with E-state index in [0.29, 0.717) is 26.7 Å². The molecule has 0 unspecified atom stereocenters. The second-order valence-electron chi connectivity index (χ2n) is 6.02. The van der Waals surface area contributed by atoms with Gasteiger partial charge in [-0.25, -0.2) is 4.39 Å². The van der Waals surface area contributed by atoms with Crippen molar-refractivity contribution in [1.82, 2.24) is 4.90 Å². The van der Waals surface area contributed by atoms with Crippen LogP contribution in [-0.2, 0) is 6.54 Å². The third-order valence-electron chi connectivity index (χ3n) is 3.97. The highest BCUT2D eigenvalue weighted by Gasteiger charge is 2.17. The average Bonchev–Trinajstić information content (AvgIpc) is 3.20. The van der Waals surface area contributed by atoms with E-state index in [4.69, 9.17) is 11.6 Å². The molecule has 2 aromatic carbocycles. The van der Waals surface area contributed by atoms with Gasteiger partial charge in [-0.2, -0.15) is 0 Å². The summed E-state index contributed by atoms with van der Waals surface area (Å²) in [5, 5.41) is 4.84. The molecule has 0 fully saturated rings. The number of hydrogen-bond acceptors (Lipinski definition) is 3. The number of hydrogen-bond donors (Lipinski definition) is 1. The third-order valence-corrected chi connectivity index (χ3v) is 5.66. The fraction of sp³-hybridized carbons (Fsp3) is 0.100. The third kappa shape index (κ3) is 4.79. The van der Waals surface area contributed by atoms with Crippen molar-refractivity contribution in [3.63, 3.8) is 0 Å². The highest BCUT2D eigenvalue weighted by Crippen LogP contribution is 2.25. The van der Waals surface area contributed by atoms with E-state index in [9.17, 15) is 14.0 Å². The standard InChI is InChI=1S/C20H15BrClFN2O2S/c1-25(11-13-9-14(21)5-7-16(13)23)20(27)12-4-6-15(22)17(10-12)24-19(26)18-3-2-8-28-18/h2-10H,11H2,1H3,(H,24,26). The molecule has 0 saturated carbocycles. The molecular formula is C20H15BrClFN2O2S. The van der Waals surface area contributed by atoms with E-state index in [1.807, 2.05) is 0 Å². The molecule has 144 valence electrons. The highest BCUT2D eigenvalue weighted by atomic mass is 79.9. The summed E-state index contributed by atoms with van der Waals surface area (Å²) in [6.07, 6.45) is 0. The van der Waals surface area contributed by atoms with Crippen LogP contribution in [0.2, 0.25) is 5.02 Å². The summed E-state index contributed by atoms with van der Waals surface area (Å²) in [4.78, 5) is 27.0. The molecule has 0 bridgehead atoms. The van der Waals surface area contributed by atoms with E-state index in [2.05, 4.69) is 21.2 Å². The summed E-state index contributed by atoms with van der Waals surface area (Å²) >= 11 is 10.8. The first-order valence-electron chi connectivity index (χ1n) is 8.19. The summed E-state index contributed by atoms with van der Waals surface area (Å²) in [6, 6.07) is 12.7. The Balaban J connectivity index is 1.78. The minimum absolute atomic E-state index is 0.101. The first-order chi connectivity index (χ1) is 13.3. The Hall–Kier alpha value is -2.22. The molecule has 1 aromatic heterocycles. The van der Waals surface area contributed by atoms with Crippen molar-refractivity contribution in [2.45, 2.75) is 6.54 Å². The van der Waals surface area contributed by atoms with Crippen LogP contribution in [0.25, 0.3) is 0 Å². The van der Waals surface area contributed by atoms with Gasteiger partial charge in [0.2, 0.25) is 0 Å². The van der Waals surface area contributed by atoms with Crippen molar-refractivity contribution in [3.05, 3.63) is 85.2 Å². The lowest BCUT2D eigenvalue weighted by Gasteiger charge is -2.19. The van der Waals surface area contributed by atoms with Crippen LogP contribution >= 0.6 is 38.9 Å². The van der Waals surface area contributed by atoms with E-state index >= 15 is 0 Å². The Kier molecular flexibility index (Phi) is 6.49. The maximum Gasteiger partial charge on any atom is 0.265 e. The SMILES string of the molecule is CN(Cc1cc(Br)ccc1F)C(=O)c1ccc(Cl)c(NC(=O)c2cccs2)c1. The van der Waals surface area contributed by atoms with Gasteiger partial charge in [0, 0.05) is 29.2 Å². The number of thiophene rings is 1. The minimum Gasteiger partial charge on any atom is -0.337 e. The van der Waals surface area contributed by atoms with Gasteiger partial charge in [-0.3, -0.25) is 9.59 Å². The Morgan fingerprint density at radius 3 is 2.71 bits per heavy atom. The van der Waals surface area contributed by atoms with E-state index < -0.39 is 0 Å². The van der Waals surface area contributed by atoms with Crippen molar-refractivity contribution in [3.8, 4) is 0 Å². The van der Waals surface area contributed by atoms with Gasteiger partial charge in [-0.05, 0) is 47.8 Å². The van der Waals surface area contributed by atoms with Crippen molar-refractivity contribution < 1.29 is 14.0 Å². The van der Waals surface area contributed by atoms with Gasteiger partial charge in [0.05, 0.1) is 15.6 Å².